The molecule has 0 bridgehead atoms. The third-order valence-corrected chi connectivity index (χ3v) is 6.06. The van der Waals surface area contributed by atoms with Crippen LogP contribution in [0.25, 0.3) is 0 Å². The van der Waals surface area contributed by atoms with Crippen LogP contribution in [-0.4, -0.2) is 58.9 Å². The molecule has 1 atom stereocenters. The molecule has 1 aromatic carbocycles. The van der Waals surface area contributed by atoms with Crippen LogP contribution < -0.4 is 0 Å². The predicted molar refractivity (Wildman–Crippen MR) is 109 cm³/mol. The normalized spacial score (nSPS) is 27.6. The van der Waals surface area contributed by atoms with Crippen molar-refractivity contribution in [2.24, 2.45) is 0 Å². The number of rotatable bonds is 2. The van der Waals surface area contributed by atoms with Gasteiger partial charge in [0.1, 0.15) is 5.60 Å². The number of nitrogens with zero attached hydrogens (tertiary/aromatic N) is 2. The summed E-state index contributed by atoms with van der Waals surface area (Å²) in [6, 6.07) is 10.7. The third-order valence-electron chi connectivity index (χ3n) is 6.06. The van der Waals surface area contributed by atoms with Gasteiger partial charge in [0.05, 0.1) is 11.2 Å². The van der Waals surface area contributed by atoms with Crippen LogP contribution in [0.15, 0.2) is 30.3 Å². The first-order valence-electron chi connectivity index (χ1n) is 10.7. The quantitative estimate of drug-likeness (QED) is 0.763. The van der Waals surface area contributed by atoms with E-state index >= 15 is 0 Å². The molecule has 28 heavy (non-hydrogen) atoms. The number of carbonyl (C=O) groups is 1. The summed E-state index contributed by atoms with van der Waals surface area (Å²) in [6.45, 7) is 10.2. The van der Waals surface area contributed by atoms with Gasteiger partial charge in [0.25, 0.3) is 0 Å². The Hall–Kier alpha value is -1.59. The van der Waals surface area contributed by atoms with Crippen LogP contribution in [0, 0.1) is 0 Å². The van der Waals surface area contributed by atoms with Gasteiger partial charge in [-0.2, -0.15) is 0 Å². The maximum atomic E-state index is 12.5. The average Bonchev–Trinajstić information content (AvgIpc) is 3.37. The molecule has 1 amide bonds. The lowest BCUT2D eigenvalue weighted by atomic mass is 9.90. The molecule has 5 heteroatoms. The minimum atomic E-state index is -0.451. The van der Waals surface area contributed by atoms with Crippen molar-refractivity contribution >= 4 is 6.09 Å². The molecular formula is C23H34N2O3. The lowest BCUT2D eigenvalue weighted by Crippen LogP contribution is -2.56. The smallest absolute Gasteiger partial charge is 0.410 e. The summed E-state index contributed by atoms with van der Waals surface area (Å²) in [6.07, 6.45) is 5.00. The highest BCUT2D eigenvalue weighted by molar-refractivity contribution is 5.68. The molecule has 4 rings (SSSR count). The van der Waals surface area contributed by atoms with Gasteiger partial charge < -0.3 is 14.4 Å². The van der Waals surface area contributed by atoms with Gasteiger partial charge in [0.15, 0.2) is 0 Å². The SMILES string of the molecule is CC(C)(C)OC(=O)N1CCCC2(CC1)CN(Cc1ccccc1)CC1(CC1)O2. The van der Waals surface area contributed by atoms with Crippen molar-refractivity contribution in [1.29, 1.82) is 0 Å². The number of ether oxygens (including phenoxy) is 2. The number of benzene rings is 1. The summed E-state index contributed by atoms with van der Waals surface area (Å²) in [5.41, 5.74) is 0.820. The van der Waals surface area contributed by atoms with Gasteiger partial charge in [-0.15, -0.1) is 0 Å². The second kappa shape index (κ2) is 7.34. The van der Waals surface area contributed by atoms with Gasteiger partial charge in [-0.1, -0.05) is 30.3 Å². The first kappa shape index (κ1) is 19.7. The largest absolute Gasteiger partial charge is 0.444 e. The Morgan fingerprint density at radius 1 is 1.04 bits per heavy atom. The van der Waals surface area contributed by atoms with E-state index in [4.69, 9.17) is 9.47 Å². The van der Waals surface area contributed by atoms with E-state index in [-0.39, 0.29) is 17.3 Å². The van der Waals surface area contributed by atoms with Gasteiger partial charge in [0.2, 0.25) is 0 Å². The molecule has 1 aromatic rings. The zero-order valence-corrected chi connectivity index (χ0v) is 17.6. The van der Waals surface area contributed by atoms with Crippen molar-refractivity contribution in [3.8, 4) is 0 Å². The molecule has 0 aromatic heterocycles. The highest BCUT2D eigenvalue weighted by atomic mass is 16.6. The molecule has 2 heterocycles. The summed E-state index contributed by atoms with van der Waals surface area (Å²) < 4.78 is 12.4. The zero-order valence-electron chi connectivity index (χ0n) is 17.6. The molecular weight excluding hydrogens is 352 g/mol. The van der Waals surface area contributed by atoms with Crippen LogP contribution in [0.1, 0.15) is 58.4 Å². The Kier molecular flexibility index (Phi) is 5.17. The van der Waals surface area contributed by atoms with Crippen LogP contribution in [0.2, 0.25) is 0 Å². The van der Waals surface area contributed by atoms with Gasteiger partial charge in [-0.25, -0.2) is 4.79 Å². The molecule has 0 radical (unpaired) electrons. The second-order valence-corrected chi connectivity index (χ2v) is 9.92. The van der Waals surface area contributed by atoms with Crippen molar-refractivity contribution < 1.29 is 14.3 Å². The van der Waals surface area contributed by atoms with Crippen molar-refractivity contribution in [3.05, 3.63) is 35.9 Å². The first-order valence-corrected chi connectivity index (χ1v) is 10.7. The summed E-state index contributed by atoms with van der Waals surface area (Å²) in [7, 11) is 0. The second-order valence-electron chi connectivity index (χ2n) is 9.92. The number of carbonyl (C=O) groups excluding carboxylic acids is 1. The predicted octanol–water partition coefficient (Wildman–Crippen LogP) is 4.21. The van der Waals surface area contributed by atoms with Gasteiger partial charge in [-0.05, 0) is 58.4 Å². The lowest BCUT2D eigenvalue weighted by Gasteiger charge is -2.47. The molecule has 154 valence electrons. The summed E-state index contributed by atoms with van der Waals surface area (Å²) in [5.74, 6) is 0. The van der Waals surface area contributed by atoms with E-state index in [2.05, 4.69) is 35.2 Å². The molecule has 1 unspecified atom stereocenters. The van der Waals surface area contributed by atoms with E-state index < -0.39 is 5.60 Å². The van der Waals surface area contributed by atoms with Gasteiger partial charge in [0, 0.05) is 32.7 Å². The molecule has 3 aliphatic rings. The molecule has 2 saturated heterocycles. The maximum absolute atomic E-state index is 12.5. The van der Waals surface area contributed by atoms with Crippen LogP contribution >= 0.6 is 0 Å². The fraction of sp³-hybridized carbons (Fsp3) is 0.696. The fourth-order valence-electron chi connectivity index (χ4n) is 4.68. The van der Waals surface area contributed by atoms with Crippen LogP contribution in [0.4, 0.5) is 4.79 Å². The zero-order chi connectivity index (χ0) is 19.8. The Bertz CT molecular complexity index is 696. The minimum Gasteiger partial charge on any atom is -0.444 e. The van der Waals surface area contributed by atoms with Gasteiger partial charge >= 0.3 is 6.09 Å². The summed E-state index contributed by atoms with van der Waals surface area (Å²) in [4.78, 5) is 17.0. The number of amides is 1. The highest BCUT2D eigenvalue weighted by Crippen LogP contribution is 2.49. The van der Waals surface area contributed by atoms with Gasteiger partial charge in [-0.3, -0.25) is 4.90 Å². The molecule has 2 spiro atoms. The lowest BCUT2D eigenvalue weighted by molar-refractivity contribution is -0.176. The monoisotopic (exact) mass is 386 g/mol. The molecule has 0 N–H and O–H groups in total. The van der Waals surface area contributed by atoms with Crippen molar-refractivity contribution in [2.45, 2.75) is 76.2 Å². The Morgan fingerprint density at radius 2 is 1.71 bits per heavy atom. The molecule has 3 fully saturated rings. The Labute approximate surface area is 169 Å². The van der Waals surface area contributed by atoms with Crippen LogP contribution in [0.5, 0.6) is 0 Å². The summed E-state index contributed by atoms with van der Waals surface area (Å²) in [5, 5.41) is 0. The molecule has 5 nitrogen and oxygen atoms in total. The number of likely N-dealkylation sites (tertiary alicyclic amines) is 1. The average molecular weight is 387 g/mol. The summed E-state index contributed by atoms with van der Waals surface area (Å²) >= 11 is 0. The number of morpholine rings is 1. The van der Waals surface area contributed by atoms with Crippen molar-refractivity contribution in [2.75, 3.05) is 26.2 Å². The van der Waals surface area contributed by atoms with E-state index in [1.165, 1.54) is 5.56 Å². The number of hydrogen-bond donors (Lipinski definition) is 0. The van der Waals surface area contributed by atoms with E-state index in [0.29, 0.717) is 6.54 Å². The molecule has 1 saturated carbocycles. The fourth-order valence-corrected chi connectivity index (χ4v) is 4.68. The van der Waals surface area contributed by atoms with Crippen molar-refractivity contribution in [3.63, 3.8) is 0 Å². The van der Waals surface area contributed by atoms with Crippen LogP contribution in [-0.2, 0) is 16.0 Å². The van der Waals surface area contributed by atoms with E-state index in [1.807, 2.05) is 25.7 Å². The minimum absolute atomic E-state index is 0.0497. The Morgan fingerprint density at radius 3 is 2.36 bits per heavy atom. The van der Waals surface area contributed by atoms with E-state index in [9.17, 15) is 4.79 Å². The molecule has 2 aliphatic heterocycles. The van der Waals surface area contributed by atoms with Crippen LogP contribution in [0.3, 0.4) is 0 Å². The third kappa shape index (κ3) is 4.69. The highest BCUT2D eigenvalue weighted by Gasteiger charge is 2.55. The number of hydrogen-bond acceptors (Lipinski definition) is 4. The van der Waals surface area contributed by atoms with E-state index in [1.54, 1.807) is 0 Å². The topological polar surface area (TPSA) is 42.0 Å². The maximum Gasteiger partial charge on any atom is 0.410 e. The first-order chi connectivity index (χ1) is 13.3. The van der Waals surface area contributed by atoms with Crippen molar-refractivity contribution in [1.82, 2.24) is 9.80 Å². The standard InChI is InChI=1S/C23H34N2O3/c1-21(2,3)27-20(26)25-14-7-10-22(13-15-25)17-24(18-23(28-22)11-12-23)16-19-8-5-4-6-9-19/h4-6,8-9H,7,10-18H2,1-3H3. The van der Waals surface area contributed by atoms with E-state index in [0.717, 1.165) is 58.3 Å². The molecule has 1 aliphatic carbocycles. The Balaban J connectivity index is 1.43.